The van der Waals surface area contributed by atoms with Gasteiger partial charge in [-0.2, -0.15) is 8.42 Å². The van der Waals surface area contributed by atoms with Gasteiger partial charge in [-0.25, -0.2) is 0 Å². The number of fused-ring (bicyclic) bond motifs is 1. The molecule has 0 aliphatic carbocycles. The number of imide groups is 1. The first kappa shape index (κ1) is 18.7. The molecule has 0 spiro atoms. The van der Waals surface area contributed by atoms with Gasteiger partial charge in [0, 0.05) is 6.42 Å². The van der Waals surface area contributed by atoms with E-state index in [1.165, 1.54) is 30.3 Å². The Labute approximate surface area is 155 Å². The molecular formula is C18H15NO7S. The van der Waals surface area contributed by atoms with Gasteiger partial charge in [0.2, 0.25) is 0 Å². The van der Waals surface area contributed by atoms with Gasteiger partial charge in [0.15, 0.2) is 5.75 Å². The Hall–Kier alpha value is -3.04. The van der Waals surface area contributed by atoms with Crippen LogP contribution in [-0.2, 0) is 19.2 Å². The maximum Gasteiger partial charge on any atom is 0.322 e. The average molecular weight is 389 g/mol. The second-order valence-corrected chi connectivity index (χ2v) is 7.15. The SMILES string of the molecule is CCCC(=O)Oc1ccccc1S(=O)(=O)ON1C(=O)c2ccccc2C1=O. The lowest BCUT2D eigenvalue weighted by Crippen LogP contribution is -2.32. The summed E-state index contributed by atoms with van der Waals surface area (Å²) in [6.07, 6.45) is 0.632. The molecule has 27 heavy (non-hydrogen) atoms. The van der Waals surface area contributed by atoms with E-state index in [0.717, 1.165) is 6.07 Å². The van der Waals surface area contributed by atoms with Crippen molar-refractivity contribution in [2.45, 2.75) is 24.7 Å². The van der Waals surface area contributed by atoms with Crippen LogP contribution in [0.2, 0.25) is 0 Å². The van der Waals surface area contributed by atoms with Crippen LogP contribution in [0.15, 0.2) is 53.4 Å². The van der Waals surface area contributed by atoms with Crippen molar-refractivity contribution in [3.05, 3.63) is 59.7 Å². The minimum absolute atomic E-state index is 0.0420. The van der Waals surface area contributed by atoms with Crippen molar-refractivity contribution < 1.29 is 31.8 Å². The van der Waals surface area contributed by atoms with Crippen LogP contribution < -0.4 is 4.74 Å². The van der Waals surface area contributed by atoms with Gasteiger partial charge in [-0.05, 0) is 30.7 Å². The van der Waals surface area contributed by atoms with E-state index < -0.39 is 32.8 Å². The van der Waals surface area contributed by atoms with Crippen molar-refractivity contribution in [1.82, 2.24) is 5.06 Å². The number of para-hydroxylation sites is 1. The van der Waals surface area contributed by atoms with Crippen LogP contribution in [0.4, 0.5) is 0 Å². The summed E-state index contributed by atoms with van der Waals surface area (Å²) in [7, 11) is -4.61. The third-order valence-corrected chi connectivity index (χ3v) is 4.95. The summed E-state index contributed by atoms with van der Waals surface area (Å²) < 4.78 is 35.1. The van der Waals surface area contributed by atoms with E-state index in [2.05, 4.69) is 0 Å². The molecule has 0 saturated carbocycles. The van der Waals surface area contributed by atoms with Gasteiger partial charge in [0.25, 0.3) is 11.8 Å². The van der Waals surface area contributed by atoms with E-state index in [0.29, 0.717) is 6.42 Å². The van der Waals surface area contributed by atoms with E-state index in [9.17, 15) is 22.8 Å². The second-order valence-electron chi connectivity index (χ2n) is 5.65. The number of nitrogens with zero attached hydrogens (tertiary/aromatic N) is 1. The Morgan fingerprint density at radius 1 is 0.963 bits per heavy atom. The maximum atomic E-state index is 12.6. The number of carbonyl (C=O) groups is 3. The third kappa shape index (κ3) is 3.60. The molecule has 0 radical (unpaired) electrons. The number of ether oxygens (including phenoxy) is 1. The van der Waals surface area contributed by atoms with Crippen molar-refractivity contribution in [3.63, 3.8) is 0 Å². The number of amides is 2. The minimum atomic E-state index is -4.61. The van der Waals surface area contributed by atoms with E-state index in [-0.39, 0.29) is 28.4 Å². The van der Waals surface area contributed by atoms with E-state index in [4.69, 9.17) is 9.02 Å². The fourth-order valence-corrected chi connectivity index (χ4v) is 3.51. The molecule has 140 valence electrons. The van der Waals surface area contributed by atoms with E-state index in [1.54, 1.807) is 19.1 Å². The van der Waals surface area contributed by atoms with Gasteiger partial charge in [0.1, 0.15) is 4.90 Å². The summed E-state index contributed by atoms with van der Waals surface area (Å²) in [6, 6.07) is 11.2. The van der Waals surface area contributed by atoms with Crippen molar-refractivity contribution in [2.75, 3.05) is 0 Å². The molecule has 2 aromatic rings. The number of benzene rings is 2. The quantitative estimate of drug-likeness (QED) is 0.424. The zero-order valence-electron chi connectivity index (χ0n) is 14.2. The first-order valence-corrected chi connectivity index (χ1v) is 9.48. The number of hydroxylamine groups is 2. The lowest BCUT2D eigenvalue weighted by molar-refractivity contribution is -0.134. The molecule has 9 heteroatoms. The van der Waals surface area contributed by atoms with Crippen molar-refractivity contribution >= 4 is 27.9 Å². The highest BCUT2D eigenvalue weighted by atomic mass is 32.2. The lowest BCUT2D eigenvalue weighted by atomic mass is 10.1. The normalized spacial score (nSPS) is 13.6. The smallest absolute Gasteiger partial charge is 0.322 e. The van der Waals surface area contributed by atoms with Crippen molar-refractivity contribution in [3.8, 4) is 5.75 Å². The van der Waals surface area contributed by atoms with Crippen molar-refractivity contribution in [1.29, 1.82) is 0 Å². The first-order chi connectivity index (χ1) is 12.8. The first-order valence-electron chi connectivity index (χ1n) is 8.07. The average Bonchev–Trinajstić information content (AvgIpc) is 2.87. The summed E-state index contributed by atoms with van der Waals surface area (Å²) in [6.45, 7) is 1.77. The third-order valence-electron chi connectivity index (χ3n) is 3.73. The summed E-state index contributed by atoms with van der Waals surface area (Å²) in [5.41, 5.74) is 0.0840. The summed E-state index contributed by atoms with van der Waals surface area (Å²) in [5, 5.41) is 0.185. The Morgan fingerprint density at radius 2 is 1.52 bits per heavy atom. The van der Waals surface area contributed by atoms with Crippen LogP contribution in [-0.4, -0.2) is 31.3 Å². The number of carbonyl (C=O) groups excluding carboxylic acids is 3. The van der Waals surface area contributed by atoms with Crippen LogP contribution >= 0.6 is 0 Å². The monoisotopic (exact) mass is 389 g/mol. The predicted molar refractivity (Wildman–Crippen MR) is 92.2 cm³/mol. The molecule has 1 aliphatic heterocycles. The number of esters is 1. The molecule has 8 nitrogen and oxygen atoms in total. The molecule has 0 atom stereocenters. The molecule has 0 aromatic heterocycles. The van der Waals surface area contributed by atoms with Crippen LogP contribution in [0.3, 0.4) is 0 Å². The highest BCUT2D eigenvalue weighted by Crippen LogP contribution is 2.29. The van der Waals surface area contributed by atoms with Gasteiger partial charge in [0.05, 0.1) is 11.1 Å². The largest absolute Gasteiger partial charge is 0.425 e. The number of rotatable bonds is 6. The summed E-state index contributed by atoms with van der Waals surface area (Å²) in [4.78, 5) is 35.8. The Bertz CT molecular complexity index is 995. The molecular weight excluding hydrogens is 374 g/mol. The minimum Gasteiger partial charge on any atom is -0.425 e. The van der Waals surface area contributed by atoms with E-state index in [1.807, 2.05) is 0 Å². The molecule has 3 rings (SSSR count). The summed E-state index contributed by atoms with van der Waals surface area (Å²) in [5.74, 6) is -2.63. The fourth-order valence-electron chi connectivity index (χ4n) is 2.49. The highest BCUT2D eigenvalue weighted by Gasteiger charge is 2.40. The second kappa shape index (κ2) is 7.29. The van der Waals surface area contributed by atoms with Crippen LogP contribution in [0.1, 0.15) is 40.5 Å². The van der Waals surface area contributed by atoms with Gasteiger partial charge < -0.3 is 4.74 Å². The number of hydrogen-bond donors (Lipinski definition) is 0. The topological polar surface area (TPSA) is 107 Å². The molecule has 1 aliphatic rings. The van der Waals surface area contributed by atoms with Crippen LogP contribution in [0.5, 0.6) is 5.75 Å². The molecule has 1 heterocycles. The van der Waals surface area contributed by atoms with Crippen LogP contribution in [0, 0.1) is 0 Å². The van der Waals surface area contributed by atoms with Crippen LogP contribution in [0.25, 0.3) is 0 Å². The van der Waals surface area contributed by atoms with Gasteiger partial charge in [-0.1, -0.05) is 31.2 Å². The van der Waals surface area contributed by atoms with Crippen molar-refractivity contribution in [2.24, 2.45) is 0 Å². The number of hydrogen-bond acceptors (Lipinski definition) is 7. The standard InChI is InChI=1S/C18H15NO7S/c1-2-7-16(20)25-14-10-5-6-11-15(14)27(23,24)26-19-17(21)12-8-3-4-9-13(12)18(19)22/h3-6,8-11H,2,7H2,1H3. The molecule has 0 bridgehead atoms. The van der Waals surface area contributed by atoms with Gasteiger partial charge in [-0.3, -0.25) is 14.4 Å². The van der Waals surface area contributed by atoms with E-state index >= 15 is 0 Å². The molecule has 0 N–H and O–H groups in total. The summed E-state index contributed by atoms with van der Waals surface area (Å²) >= 11 is 0. The van der Waals surface area contributed by atoms with Gasteiger partial charge in [-0.15, -0.1) is 9.35 Å². The Kier molecular flexibility index (Phi) is 5.06. The maximum absolute atomic E-state index is 12.6. The molecule has 0 unspecified atom stereocenters. The molecule has 0 fully saturated rings. The fraction of sp³-hybridized carbons (Fsp3) is 0.167. The van der Waals surface area contributed by atoms with Gasteiger partial charge >= 0.3 is 16.1 Å². The predicted octanol–water partition coefficient (Wildman–Crippen LogP) is 2.31. The zero-order valence-corrected chi connectivity index (χ0v) is 15.1. The Morgan fingerprint density at radius 3 is 2.11 bits per heavy atom. The Balaban J connectivity index is 1.90. The molecule has 2 aromatic carbocycles. The molecule has 2 amide bonds. The zero-order chi connectivity index (χ0) is 19.6. The highest BCUT2D eigenvalue weighted by molar-refractivity contribution is 7.86. The lowest BCUT2D eigenvalue weighted by Gasteiger charge is -2.15. The molecule has 0 saturated heterocycles.